The number of hydrogen-bond acceptors (Lipinski definition) is 4. The molecule has 5 nitrogen and oxygen atoms in total. The Balaban J connectivity index is 2.13. The molecule has 1 aromatic carbocycles. The van der Waals surface area contributed by atoms with E-state index in [0.717, 1.165) is 5.56 Å². The Morgan fingerprint density at radius 3 is 2.78 bits per heavy atom. The van der Waals surface area contributed by atoms with Crippen LogP contribution in [0, 0.1) is 5.82 Å². The van der Waals surface area contributed by atoms with E-state index >= 15 is 0 Å². The number of ether oxygens (including phenoxy) is 1. The molecule has 2 rings (SSSR count). The number of aromatic amines is 1. The molecule has 6 heteroatoms. The largest absolute Gasteiger partial charge is 0.489 e. The lowest BCUT2D eigenvalue weighted by molar-refractivity contribution is 0.408. The Morgan fingerprint density at radius 2 is 2.11 bits per heavy atom. The second kappa shape index (κ2) is 5.31. The molecular weight excluding hydrogens is 237 g/mol. The first-order valence-corrected chi connectivity index (χ1v) is 5.30. The molecule has 0 aliphatic heterocycles. The van der Waals surface area contributed by atoms with Crippen molar-refractivity contribution in [3.8, 4) is 5.75 Å². The van der Waals surface area contributed by atoms with E-state index < -0.39 is 0 Å². The minimum Gasteiger partial charge on any atom is -0.489 e. The standard InChI is InChI=1S/C12H12FN3O2/c1-18-10-11(15-7-16-12(10)17)14-6-8-2-4-9(13)5-3-8/h2-5,7H,6H2,1H3,(H2,14,15,16,17). The third kappa shape index (κ3) is 2.65. The summed E-state index contributed by atoms with van der Waals surface area (Å²) in [5, 5.41) is 2.96. The molecule has 0 fully saturated rings. The number of nitrogens with one attached hydrogen (secondary N) is 2. The molecule has 0 atom stereocenters. The molecule has 0 radical (unpaired) electrons. The molecule has 18 heavy (non-hydrogen) atoms. The summed E-state index contributed by atoms with van der Waals surface area (Å²) in [5.41, 5.74) is 0.523. The molecule has 1 heterocycles. The fraction of sp³-hybridized carbons (Fsp3) is 0.167. The van der Waals surface area contributed by atoms with Crippen LogP contribution in [-0.2, 0) is 6.54 Å². The molecule has 2 aromatic rings. The van der Waals surface area contributed by atoms with Crippen LogP contribution in [0.3, 0.4) is 0 Å². The Hall–Kier alpha value is -2.37. The average Bonchev–Trinajstić information content (AvgIpc) is 2.38. The topological polar surface area (TPSA) is 67.0 Å². The second-order valence-electron chi connectivity index (χ2n) is 3.59. The van der Waals surface area contributed by atoms with Gasteiger partial charge in [-0.1, -0.05) is 12.1 Å². The van der Waals surface area contributed by atoms with Crippen molar-refractivity contribution in [1.29, 1.82) is 0 Å². The third-order valence-corrected chi connectivity index (χ3v) is 2.39. The zero-order valence-corrected chi connectivity index (χ0v) is 9.74. The van der Waals surface area contributed by atoms with Crippen molar-refractivity contribution < 1.29 is 9.13 Å². The normalized spacial score (nSPS) is 10.1. The smallest absolute Gasteiger partial charge is 0.295 e. The van der Waals surface area contributed by atoms with E-state index in [4.69, 9.17) is 4.74 Å². The lowest BCUT2D eigenvalue weighted by atomic mass is 10.2. The monoisotopic (exact) mass is 249 g/mol. The Kier molecular flexibility index (Phi) is 3.57. The van der Waals surface area contributed by atoms with Gasteiger partial charge in [-0.15, -0.1) is 0 Å². The Labute approximate surface area is 103 Å². The van der Waals surface area contributed by atoms with Gasteiger partial charge in [0.2, 0.25) is 5.75 Å². The average molecular weight is 249 g/mol. The molecule has 0 amide bonds. The van der Waals surface area contributed by atoms with Gasteiger partial charge in [-0.3, -0.25) is 4.79 Å². The van der Waals surface area contributed by atoms with Crippen LogP contribution in [-0.4, -0.2) is 17.1 Å². The zero-order valence-electron chi connectivity index (χ0n) is 9.74. The SMILES string of the molecule is COc1c(NCc2ccc(F)cc2)nc[nH]c1=O. The van der Waals surface area contributed by atoms with Gasteiger partial charge in [-0.05, 0) is 17.7 Å². The van der Waals surface area contributed by atoms with Gasteiger partial charge in [-0.25, -0.2) is 9.37 Å². The highest BCUT2D eigenvalue weighted by atomic mass is 19.1. The third-order valence-electron chi connectivity index (χ3n) is 2.39. The van der Waals surface area contributed by atoms with Crippen molar-refractivity contribution in [2.24, 2.45) is 0 Å². The van der Waals surface area contributed by atoms with Crippen LogP contribution in [0.5, 0.6) is 5.75 Å². The fourth-order valence-electron chi connectivity index (χ4n) is 1.49. The van der Waals surface area contributed by atoms with Gasteiger partial charge in [-0.2, -0.15) is 0 Å². The zero-order chi connectivity index (χ0) is 13.0. The minimum atomic E-state index is -0.353. The molecule has 0 spiro atoms. The maximum Gasteiger partial charge on any atom is 0.295 e. The quantitative estimate of drug-likeness (QED) is 0.862. The highest BCUT2D eigenvalue weighted by molar-refractivity contribution is 5.48. The number of benzene rings is 1. The van der Waals surface area contributed by atoms with Gasteiger partial charge in [0.1, 0.15) is 5.82 Å². The van der Waals surface area contributed by atoms with Gasteiger partial charge in [0, 0.05) is 6.54 Å². The summed E-state index contributed by atoms with van der Waals surface area (Å²) in [6.07, 6.45) is 1.29. The molecule has 0 bridgehead atoms. The van der Waals surface area contributed by atoms with Crippen molar-refractivity contribution in [3.63, 3.8) is 0 Å². The van der Waals surface area contributed by atoms with Crippen LogP contribution in [0.1, 0.15) is 5.56 Å². The number of rotatable bonds is 4. The van der Waals surface area contributed by atoms with Crippen LogP contribution in [0.15, 0.2) is 35.4 Å². The summed E-state index contributed by atoms with van der Waals surface area (Å²) < 4.78 is 17.7. The highest BCUT2D eigenvalue weighted by Gasteiger charge is 2.07. The van der Waals surface area contributed by atoms with Crippen molar-refractivity contribution in [3.05, 3.63) is 52.3 Å². The Morgan fingerprint density at radius 1 is 1.39 bits per heavy atom. The van der Waals surface area contributed by atoms with E-state index in [1.807, 2.05) is 0 Å². The van der Waals surface area contributed by atoms with Crippen LogP contribution >= 0.6 is 0 Å². The van der Waals surface area contributed by atoms with Crippen LogP contribution in [0.2, 0.25) is 0 Å². The molecule has 2 N–H and O–H groups in total. The molecule has 1 aromatic heterocycles. The van der Waals surface area contributed by atoms with Crippen molar-refractivity contribution in [2.45, 2.75) is 6.54 Å². The predicted octanol–water partition coefficient (Wildman–Crippen LogP) is 1.53. The molecular formula is C12H12FN3O2. The van der Waals surface area contributed by atoms with Crippen molar-refractivity contribution in [1.82, 2.24) is 9.97 Å². The number of halogens is 1. The van der Waals surface area contributed by atoms with Gasteiger partial charge in [0.15, 0.2) is 5.82 Å². The predicted molar refractivity (Wildman–Crippen MR) is 65.1 cm³/mol. The number of H-pyrrole nitrogens is 1. The first kappa shape index (κ1) is 12.1. The highest BCUT2D eigenvalue weighted by Crippen LogP contribution is 2.15. The van der Waals surface area contributed by atoms with E-state index in [9.17, 15) is 9.18 Å². The summed E-state index contributed by atoms with van der Waals surface area (Å²) in [6.45, 7) is 0.424. The number of nitrogens with zero attached hydrogens (tertiary/aromatic N) is 1. The molecule has 0 unspecified atom stereocenters. The summed E-state index contributed by atoms with van der Waals surface area (Å²) in [6, 6.07) is 6.06. The van der Waals surface area contributed by atoms with Crippen molar-refractivity contribution in [2.75, 3.05) is 12.4 Å². The molecule has 94 valence electrons. The first-order chi connectivity index (χ1) is 8.70. The molecule has 0 aliphatic carbocycles. The summed E-state index contributed by atoms with van der Waals surface area (Å²) >= 11 is 0. The first-order valence-electron chi connectivity index (χ1n) is 5.30. The van der Waals surface area contributed by atoms with E-state index in [1.54, 1.807) is 12.1 Å². The summed E-state index contributed by atoms with van der Waals surface area (Å²) in [4.78, 5) is 17.8. The maximum absolute atomic E-state index is 12.7. The summed E-state index contributed by atoms with van der Waals surface area (Å²) in [5.74, 6) is 0.191. The van der Waals surface area contributed by atoms with E-state index in [0.29, 0.717) is 12.4 Å². The van der Waals surface area contributed by atoms with E-state index in [-0.39, 0.29) is 17.1 Å². The van der Waals surface area contributed by atoms with Crippen LogP contribution in [0.4, 0.5) is 10.2 Å². The lowest BCUT2D eigenvalue weighted by Gasteiger charge is -2.08. The molecule has 0 saturated heterocycles. The molecule has 0 aliphatic rings. The number of aromatic nitrogens is 2. The van der Waals surface area contributed by atoms with E-state index in [2.05, 4.69) is 15.3 Å². The van der Waals surface area contributed by atoms with Crippen LogP contribution in [0.25, 0.3) is 0 Å². The van der Waals surface area contributed by atoms with Gasteiger partial charge in [0.25, 0.3) is 5.56 Å². The second-order valence-corrected chi connectivity index (χ2v) is 3.59. The van der Waals surface area contributed by atoms with Gasteiger partial charge in [0.05, 0.1) is 13.4 Å². The number of anilines is 1. The molecule has 0 saturated carbocycles. The lowest BCUT2D eigenvalue weighted by Crippen LogP contribution is -2.14. The summed E-state index contributed by atoms with van der Waals surface area (Å²) in [7, 11) is 1.40. The van der Waals surface area contributed by atoms with Crippen LogP contribution < -0.4 is 15.6 Å². The van der Waals surface area contributed by atoms with Gasteiger partial charge < -0.3 is 15.0 Å². The number of methoxy groups -OCH3 is 1. The fourth-order valence-corrected chi connectivity index (χ4v) is 1.49. The van der Waals surface area contributed by atoms with Crippen molar-refractivity contribution >= 4 is 5.82 Å². The van der Waals surface area contributed by atoms with E-state index in [1.165, 1.54) is 25.6 Å². The maximum atomic E-state index is 12.7. The number of hydrogen-bond donors (Lipinski definition) is 2. The van der Waals surface area contributed by atoms with Gasteiger partial charge >= 0.3 is 0 Å². The Bertz CT molecular complexity index is 581. The minimum absolute atomic E-state index is 0.125.